The Kier molecular flexibility index (Phi) is 7.63. The lowest BCUT2D eigenvalue weighted by atomic mass is 10.0. The number of pyridine rings is 1. The minimum atomic E-state index is -0.249. The number of piperazine rings is 1. The van der Waals surface area contributed by atoms with Gasteiger partial charge in [-0.05, 0) is 42.7 Å². The summed E-state index contributed by atoms with van der Waals surface area (Å²) in [5, 5.41) is 5.73. The molecule has 3 amide bonds. The number of carbonyl (C=O) groups excluding carboxylic acids is 2. The number of carbonyl (C=O) groups is 2. The number of hydrogen-bond donors (Lipinski definition) is 2. The number of urea groups is 1. The average Bonchev–Trinajstić information content (AvgIpc) is 2.75. The summed E-state index contributed by atoms with van der Waals surface area (Å²) in [7, 11) is 0. The van der Waals surface area contributed by atoms with Crippen molar-refractivity contribution in [1.82, 2.24) is 20.1 Å². The normalized spacial score (nSPS) is 14.5. The Morgan fingerprint density at radius 2 is 1.81 bits per heavy atom. The summed E-state index contributed by atoms with van der Waals surface area (Å²) in [5.41, 5.74) is 5.04. The molecule has 166 valence electrons. The number of aryl methyl sites for hydroxylation is 2. The van der Waals surface area contributed by atoms with E-state index in [9.17, 15) is 9.59 Å². The minimum absolute atomic E-state index is 0.0539. The van der Waals surface area contributed by atoms with E-state index in [2.05, 4.69) is 45.6 Å². The minimum Gasteiger partial charge on any atom is -0.340 e. The molecule has 1 aromatic carbocycles. The van der Waals surface area contributed by atoms with Crippen molar-refractivity contribution in [3.63, 3.8) is 0 Å². The molecule has 1 aliphatic heterocycles. The molecule has 1 saturated heterocycles. The Balaban J connectivity index is 1.51. The fourth-order valence-electron chi connectivity index (χ4n) is 3.66. The van der Waals surface area contributed by atoms with Gasteiger partial charge in [-0.1, -0.05) is 32.0 Å². The molecule has 0 radical (unpaired) electrons. The zero-order chi connectivity index (χ0) is 22.4. The Hall–Kier alpha value is -2.93. The van der Waals surface area contributed by atoms with Gasteiger partial charge in [-0.2, -0.15) is 0 Å². The molecule has 0 unspecified atom stereocenters. The lowest BCUT2D eigenvalue weighted by Crippen LogP contribution is -2.49. The largest absolute Gasteiger partial charge is 0.340 e. The van der Waals surface area contributed by atoms with E-state index >= 15 is 0 Å². The third-order valence-corrected chi connectivity index (χ3v) is 5.61. The monoisotopic (exact) mass is 423 g/mol. The molecule has 2 aromatic rings. The molecule has 0 bridgehead atoms. The summed E-state index contributed by atoms with van der Waals surface area (Å²) in [5.74, 6) is 0.293. The van der Waals surface area contributed by atoms with Gasteiger partial charge in [0.1, 0.15) is 0 Å². The van der Waals surface area contributed by atoms with Gasteiger partial charge in [0.05, 0.1) is 11.9 Å². The van der Waals surface area contributed by atoms with Crippen LogP contribution in [0.1, 0.15) is 36.2 Å². The van der Waals surface area contributed by atoms with Crippen molar-refractivity contribution >= 4 is 17.6 Å². The van der Waals surface area contributed by atoms with Gasteiger partial charge in [-0.15, -0.1) is 0 Å². The molecule has 7 nitrogen and oxygen atoms in total. The summed E-state index contributed by atoms with van der Waals surface area (Å²) in [6.07, 6.45) is 1.65. The number of aromatic nitrogens is 1. The highest BCUT2D eigenvalue weighted by atomic mass is 16.2. The van der Waals surface area contributed by atoms with Crippen LogP contribution in [0.3, 0.4) is 0 Å². The van der Waals surface area contributed by atoms with Gasteiger partial charge in [-0.25, -0.2) is 4.79 Å². The molecule has 0 atom stereocenters. The van der Waals surface area contributed by atoms with Crippen LogP contribution in [0.25, 0.3) is 0 Å². The van der Waals surface area contributed by atoms with Gasteiger partial charge in [0.15, 0.2) is 0 Å². The summed E-state index contributed by atoms with van der Waals surface area (Å²) < 4.78 is 0. The molecule has 3 rings (SSSR count). The van der Waals surface area contributed by atoms with Gasteiger partial charge >= 0.3 is 6.03 Å². The summed E-state index contributed by atoms with van der Waals surface area (Å²) >= 11 is 0. The molecule has 2 heterocycles. The van der Waals surface area contributed by atoms with Crippen molar-refractivity contribution in [2.24, 2.45) is 5.92 Å². The highest BCUT2D eigenvalue weighted by Gasteiger charge is 2.22. The highest BCUT2D eigenvalue weighted by molar-refractivity contribution is 5.88. The quantitative estimate of drug-likeness (QED) is 0.747. The van der Waals surface area contributed by atoms with Gasteiger partial charge in [0.25, 0.3) is 0 Å². The Morgan fingerprint density at radius 3 is 2.45 bits per heavy atom. The zero-order valence-electron chi connectivity index (χ0n) is 18.9. The lowest BCUT2D eigenvalue weighted by molar-refractivity contribution is -0.136. The van der Waals surface area contributed by atoms with Gasteiger partial charge in [0, 0.05) is 50.9 Å². The third-order valence-electron chi connectivity index (χ3n) is 5.61. The number of benzene rings is 1. The second-order valence-corrected chi connectivity index (χ2v) is 8.51. The molecule has 2 N–H and O–H groups in total. The van der Waals surface area contributed by atoms with Crippen LogP contribution < -0.4 is 10.6 Å². The number of anilines is 1. The molecule has 7 heteroatoms. The van der Waals surface area contributed by atoms with Crippen molar-refractivity contribution in [3.8, 4) is 0 Å². The smallest absolute Gasteiger partial charge is 0.319 e. The maximum atomic E-state index is 12.2. The number of rotatable bonds is 6. The van der Waals surface area contributed by atoms with Crippen molar-refractivity contribution in [2.75, 3.05) is 31.5 Å². The molecule has 1 aliphatic rings. The molecular weight excluding hydrogens is 390 g/mol. The first-order valence-electron chi connectivity index (χ1n) is 10.9. The van der Waals surface area contributed by atoms with Gasteiger partial charge in [-0.3, -0.25) is 14.7 Å². The first-order chi connectivity index (χ1) is 14.8. The molecule has 1 fully saturated rings. The third kappa shape index (κ3) is 6.52. The standard InChI is InChI=1S/C24H33N5O2/c1-17(2)23(30)29-11-9-28(10-12-29)16-20-7-5-18(3)21(13-20)14-26-24(31)27-22-8-6-19(4)25-15-22/h5-8,13,15,17H,9-12,14,16H2,1-4H3,(H2,26,27,31). The highest BCUT2D eigenvalue weighted by Crippen LogP contribution is 2.15. The summed E-state index contributed by atoms with van der Waals surface area (Å²) in [6, 6.07) is 9.86. The Labute approximate surface area is 184 Å². The van der Waals surface area contributed by atoms with E-state index in [1.165, 1.54) is 5.56 Å². The molecule has 31 heavy (non-hydrogen) atoms. The van der Waals surface area contributed by atoms with Crippen LogP contribution in [-0.4, -0.2) is 52.9 Å². The van der Waals surface area contributed by atoms with E-state index in [-0.39, 0.29) is 17.9 Å². The van der Waals surface area contributed by atoms with Gasteiger partial charge in [0.2, 0.25) is 5.91 Å². The average molecular weight is 424 g/mol. The molecule has 0 aliphatic carbocycles. The molecule has 0 spiro atoms. The van der Waals surface area contributed by atoms with E-state index < -0.39 is 0 Å². The van der Waals surface area contributed by atoms with Crippen LogP contribution >= 0.6 is 0 Å². The number of amides is 3. The number of hydrogen-bond acceptors (Lipinski definition) is 4. The zero-order valence-corrected chi connectivity index (χ0v) is 18.9. The Morgan fingerprint density at radius 1 is 1.06 bits per heavy atom. The predicted octanol–water partition coefficient (Wildman–Crippen LogP) is 3.32. The second kappa shape index (κ2) is 10.4. The summed E-state index contributed by atoms with van der Waals surface area (Å²) in [4.78, 5) is 32.9. The maximum absolute atomic E-state index is 12.2. The van der Waals surface area contributed by atoms with Crippen LogP contribution in [0.2, 0.25) is 0 Å². The maximum Gasteiger partial charge on any atom is 0.319 e. The van der Waals surface area contributed by atoms with E-state index in [4.69, 9.17) is 0 Å². The number of nitrogens with zero attached hydrogens (tertiary/aromatic N) is 3. The van der Waals surface area contributed by atoms with E-state index in [0.717, 1.165) is 49.5 Å². The fraction of sp³-hybridized carbons (Fsp3) is 0.458. The second-order valence-electron chi connectivity index (χ2n) is 8.51. The van der Waals surface area contributed by atoms with Crippen molar-refractivity contribution in [3.05, 3.63) is 58.9 Å². The molecule has 0 saturated carbocycles. The molecular formula is C24H33N5O2. The first-order valence-corrected chi connectivity index (χ1v) is 10.9. The van der Waals surface area contributed by atoms with Crippen molar-refractivity contribution < 1.29 is 9.59 Å². The van der Waals surface area contributed by atoms with Crippen LogP contribution in [0, 0.1) is 19.8 Å². The summed E-state index contributed by atoms with van der Waals surface area (Å²) in [6.45, 7) is 12.5. The van der Waals surface area contributed by atoms with E-state index in [0.29, 0.717) is 12.2 Å². The van der Waals surface area contributed by atoms with Gasteiger partial charge < -0.3 is 15.5 Å². The topological polar surface area (TPSA) is 77.6 Å². The van der Waals surface area contributed by atoms with Crippen molar-refractivity contribution in [1.29, 1.82) is 0 Å². The lowest BCUT2D eigenvalue weighted by Gasteiger charge is -2.35. The van der Waals surface area contributed by atoms with Crippen LogP contribution in [-0.2, 0) is 17.9 Å². The molecule has 1 aromatic heterocycles. The van der Waals surface area contributed by atoms with E-state index in [1.807, 2.05) is 37.8 Å². The SMILES string of the molecule is Cc1ccc(NC(=O)NCc2cc(CN3CCN(C(=O)C(C)C)CC3)ccc2C)cn1. The van der Waals surface area contributed by atoms with Crippen LogP contribution in [0.4, 0.5) is 10.5 Å². The predicted molar refractivity (Wildman–Crippen MR) is 123 cm³/mol. The fourth-order valence-corrected chi connectivity index (χ4v) is 3.66. The number of nitrogens with one attached hydrogen (secondary N) is 2. The van der Waals surface area contributed by atoms with Crippen LogP contribution in [0.15, 0.2) is 36.5 Å². The first kappa shape index (κ1) is 22.7. The van der Waals surface area contributed by atoms with Crippen LogP contribution in [0.5, 0.6) is 0 Å². The Bertz CT molecular complexity index is 903. The van der Waals surface area contributed by atoms with E-state index in [1.54, 1.807) is 6.20 Å². The van der Waals surface area contributed by atoms with Crippen molar-refractivity contribution in [2.45, 2.75) is 40.8 Å².